The van der Waals surface area contributed by atoms with E-state index in [4.69, 9.17) is 0 Å². The van der Waals surface area contributed by atoms with Gasteiger partial charge in [-0.3, -0.25) is 19.7 Å². The number of thioether (sulfide) groups is 1. The van der Waals surface area contributed by atoms with Crippen LogP contribution in [0.4, 0.5) is 15.8 Å². The Balaban J connectivity index is 2.15. The molecule has 0 radical (unpaired) electrons. The number of halogens is 1. The van der Waals surface area contributed by atoms with Crippen molar-refractivity contribution in [2.45, 2.75) is 19.4 Å². The molecule has 2 aromatic rings. The summed E-state index contributed by atoms with van der Waals surface area (Å²) >= 11 is 1.52. The van der Waals surface area contributed by atoms with E-state index in [0.29, 0.717) is 23.4 Å². The quantitative estimate of drug-likeness (QED) is 0.517. The Bertz CT molecular complexity index is 891. The number of carbonyl (C=O) groups excluding carboxylic acids is 2. The van der Waals surface area contributed by atoms with Gasteiger partial charge in [-0.15, -0.1) is 0 Å². The Morgan fingerprint density at radius 2 is 2.00 bits per heavy atom. The van der Waals surface area contributed by atoms with Gasteiger partial charge in [0.1, 0.15) is 11.9 Å². The first kappa shape index (κ1) is 21.4. The summed E-state index contributed by atoms with van der Waals surface area (Å²) in [6, 6.07) is 8.44. The van der Waals surface area contributed by atoms with Crippen molar-refractivity contribution in [3.63, 3.8) is 0 Å². The van der Waals surface area contributed by atoms with E-state index in [1.807, 2.05) is 6.26 Å². The molecule has 2 rings (SSSR count). The molecule has 0 aliphatic carbocycles. The monoisotopic (exact) mass is 405 g/mol. The molecule has 1 unspecified atom stereocenters. The van der Waals surface area contributed by atoms with Crippen LogP contribution >= 0.6 is 11.8 Å². The van der Waals surface area contributed by atoms with Gasteiger partial charge in [0, 0.05) is 23.4 Å². The Labute approximate surface area is 165 Å². The second kappa shape index (κ2) is 9.84. The first-order valence-electron chi connectivity index (χ1n) is 8.43. The van der Waals surface area contributed by atoms with Crippen LogP contribution in [0.3, 0.4) is 0 Å². The Kier molecular flexibility index (Phi) is 7.51. The second-order valence-corrected chi connectivity index (χ2v) is 7.05. The minimum absolute atomic E-state index is 0.0918. The summed E-state index contributed by atoms with van der Waals surface area (Å²) in [5.74, 6) is -0.813. The van der Waals surface area contributed by atoms with Crippen LogP contribution in [0.2, 0.25) is 0 Å². The standard InChI is InChI=1S/C19H20FN3O4S/c1-12-10-14(20)6-7-16(12)21-19(25)17(8-9-28-2)22-18(24)13-4-3-5-15(11-13)23(26)27/h3-7,10-11,17H,8-9H2,1-2H3,(H,21,25)(H,22,24). The summed E-state index contributed by atoms with van der Waals surface area (Å²) in [5, 5.41) is 16.2. The van der Waals surface area contributed by atoms with Crippen LogP contribution in [0.1, 0.15) is 22.3 Å². The first-order chi connectivity index (χ1) is 13.3. The Hall–Kier alpha value is -2.94. The van der Waals surface area contributed by atoms with Gasteiger partial charge >= 0.3 is 0 Å². The lowest BCUT2D eigenvalue weighted by atomic mass is 10.1. The van der Waals surface area contributed by atoms with Crippen LogP contribution in [0, 0.1) is 22.9 Å². The third kappa shape index (κ3) is 5.78. The summed E-state index contributed by atoms with van der Waals surface area (Å²) in [6.45, 7) is 1.66. The zero-order valence-corrected chi connectivity index (χ0v) is 16.2. The molecule has 28 heavy (non-hydrogen) atoms. The first-order valence-corrected chi connectivity index (χ1v) is 9.82. The van der Waals surface area contributed by atoms with Gasteiger partial charge in [0.25, 0.3) is 11.6 Å². The van der Waals surface area contributed by atoms with Crippen molar-refractivity contribution in [3.05, 3.63) is 69.5 Å². The molecule has 7 nitrogen and oxygen atoms in total. The van der Waals surface area contributed by atoms with Gasteiger partial charge in [-0.2, -0.15) is 11.8 Å². The molecular formula is C19H20FN3O4S. The third-order valence-corrected chi connectivity index (χ3v) is 4.64. The highest BCUT2D eigenvalue weighted by Gasteiger charge is 2.22. The van der Waals surface area contributed by atoms with E-state index in [0.717, 1.165) is 6.07 Å². The van der Waals surface area contributed by atoms with Gasteiger partial charge in [0.15, 0.2) is 0 Å². The molecule has 0 saturated heterocycles. The average molecular weight is 405 g/mol. The van der Waals surface area contributed by atoms with Crippen molar-refractivity contribution in [3.8, 4) is 0 Å². The number of amides is 2. The molecule has 0 saturated carbocycles. The lowest BCUT2D eigenvalue weighted by Gasteiger charge is -2.19. The summed E-state index contributed by atoms with van der Waals surface area (Å²) in [6.07, 6.45) is 2.25. The largest absolute Gasteiger partial charge is 0.340 e. The van der Waals surface area contributed by atoms with Gasteiger partial charge < -0.3 is 10.6 Å². The number of nitrogens with one attached hydrogen (secondary N) is 2. The summed E-state index contributed by atoms with van der Waals surface area (Å²) < 4.78 is 13.2. The molecule has 148 valence electrons. The average Bonchev–Trinajstić information content (AvgIpc) is 2.67. The predicted molar refractivity (Wildman–Crippen MR) is 107 cm³/mol. The van der Waals surface area contributed by atoms with Crippen molar-refractivity contribution in [1.29, 1.82) is 0 Å². The number of carbonyl (C=O) groups is 2. The summed E-state index contributed by atoms with van der Waals surface area (Å²) in [7, 11) is 0. The van der Waals surface area contributed by atoms with Gasteiger partial charge in [0.2, 0.25) is 5.91 Å². The van der Waals surface area contributed by atoms with Crippen molar-refractivity contribution >= 4 is 35.0 Å². The van der Waals surface area contributed by atoms with Crippen LogP contribution < -0.4 is 10.6 Å². The molecular weight excluding hydrogens is 385 g/mol. The number of anilines is 1. The minimum atomic E-state index is -0.844. The molecule has 2 aromatic carbocycles. The number of benzene rings is 2. The van der Waals surface area contributed by atoms with E-state index >= 15 is 0 Å². The van der Waals surface area contributed by atoms with Gasteiger partial charge in [-0.25, -0.2) is 4.39 Å². The van der Waals surface area contributed by atoms with E-state index in [9.17, 15) is 24.1 Å². The van der Waals surface area contributed by atoms with Crippen LogP contribution in [-0.4, -0.2) is 34.8 Å². The topological polar surface area (TPSA) is 101 Å². The fraction of sp³-hybridized carbons (Fsp3) is 0.263. The zero-order chi connectivity index (χ0) is 20.7. The highest BCUT2D eigenvalue weighted by atomic mass is 32.2. The molecule has 2 amide bonds. The predicted octanol–water partition coefficient (Wildman–Crippen LogP) is 3.53. The smallest absolute Gasteiger partial charge is 0.270 e. The Morgan fingerprint density at radius 3 is 2.64 bits per heavy atom. The Morgan fingerprint density at radius 1 is 1.25 bits per heavy atom. The number of nitrogens with zero attached hydrogens (tertiary/aromatic N) is 1. The number of aryl methyl sites for hydroxylation is 1. The number of non-ortho nitro benzene ring substituents is 1. The van der Waals surface area contributed by atoms with Crippen molar-refractivity contribution in [2.24, 2.45) is 0 Å². The molecule has 9 heteroatoms. The van der Waals surface area contributed by atoms with E-state index < -0.39 is 28.6 Å². The normalized spacial score (nSPS) is 11.5. The minimum Gasteiger partial charge on any atom is -0.340 e. The van der Waals surface area contributed by atoms with Crippen molar-refractivity contribution in [1.82, 2.24) is 5.32 Å². The van der Waals surface area contributed by atoms with Crippen molar-refractivity contribution in [2.75, 3.05) is 17.3 Å². The number of nitro benzene ring substituents is 1. The molecule has 0 aliphatic heterocycles. The highest BCUT2D eigenvalue weighted by molar-refractivity contribution is 7.98. The lowest BCUT2D eigenvalue weighted by Crippen LogP contribution is -2.44. The van der Waals surface area contributed by atoms with Gasteiger partial charge in [0.05, 0.1) is 4.92 Å². The van der Waals surface area contributed by atoms with Crippen LogP contribution in [-0.2, 0) is 4.79 Å². The molecule has 0 aromatic heterocycles. The molecule has 0 spiro atoms. The molecule has 2 N–H and O–H groups in total. The van der Waals surface area contributed by atoms with Crippen LogP contribution in [0.5, 0.6) is 0 Å². The van der Waals surface area contributed by atoms with E-state index in [1.165, 1.54) is 48.2 Å². The maximum absolute atomic E-state index is 13.2. The van der Waals surface area contributed by atoms with E-state index in [2.05, 4.69) is 10.6 Å². The van der Waals surface area contributed by atoms with Crippen LogP contribution in [0.25, 0.3) is 0 Å². The molecule has 0 heterocycles. The number of nitro groups is 1. The molecule has 0 fully saturated rings. The molecule has 0 bridgehead atoms. The lowest BCUT2D eigenvalue weighted by molar-refractivity contribution is -0.384. The van der Waals surface area contributed by atoms with Crippen molar-refractivity contribution < 1.29 is 18.9 Å². The SMILES string of the molecule is CSCCC(NC(=O)c1cccc([N+](=O)[O-])c1)C(=O)Nc1ccc(F)cc1C. The van der Waals surface area contributed by atoms with E-state index in [-0.39, 0.29) is 11.3 Å². The highest BCUT2D eigenvalue weighted by Crippen LogP contribution is 2.17. The zero-order valence-electron chi connectivity index (χ0n) is 15.4. The number of rotatable bonds is 8. The molecule has 1 atom stereocenters. The number of hydrogen-bond acceptors (Lipinski definition) is 5. The van der Waals surface area contributed by atoms with Gasteiger partial charge in [-0.1, -0.05) is 6.07 Å². The van der Waals surface area contributed by atoms with E-state index in [1.54, 1.807) is 6.92 Å². The molecule has 0 aliphatic rings. The summed E-state index contributed by atoms with van der Waals surface area (Å²) in [5.41, 5.74) is 0.890. The fourth-order valence-electron chi connectivity index (χ4n) is 2.49. The van der Waals surface area contributed by atoms with Crippen LogP contribution in [0.15, 0.2) is 42.5 Å². The van der Waals surface area contributed by atoms with Gasteiger partial charge in [-0.05, 0) is 55.2 Å². The summed E-state index contributed by atoms with van der Waals surface area (Å²) in [4.78, 5) is 35.4. The number of hydrogen-bond donors (Lipinski definition) is 2. The third-order valence-electron chi connectivity index (χ3n) is 4.00. The maximum Gasteiger partial charge on any atom is 0.270 e. The second-order valence-electron chi connectivity index (χ2n) is 6.06. The maximum atomic E-state index is 13.2. The fourth-order valence-corrected chi connectivity index (χ4v) is 2.97.